The van der Waals surface area contributed by atoms with Crippen molar-refractivity contribution in [2.45, 2.75) is 264 Å². The third-order valence-electron chi connectivity index (χ3n) is 11.3. The van der Waals surface area contributed by atoms with Gasteiger partial charge in [-0.2, -0.15) is 0 Å². The molecular weight excluding hydrogens is 769 g/mol. The second kappa shape index (κ2) is 50.8. The Labute approximate surface area is 383 Å². The van der Waals surface area contributed by atoms with Crippen LogP contribution in [0.1, 0.15) is 258 Å². The van der Waals surface area contributed by atoms with E-state index in [1.54, 1.807) is 0 Å². The smallest absolute Gasteiger partial charge is 0.306 e. The molecule has 6 heteroatoms. The summed E-state index contributed by atoms with van der Waals surface area (Å²) in [6.45, 7) is 6.41. The number of hydrogen-bond donors (Lipinski definition) is 0. The van der Waals surface area contributed by atoms with E-state index >= 15 is 0 Å². The lowest BCUT2D eigenvalue weighted by Gasteiger charge is -2.18. The van der Waals surface area contributed by atoms with E-state index in [1.165, 1.54) is 128 Å². The van der Waals surface area contributed by atoms with Crippen LogP contribution in [0, 0.1) is 0 Å². The van der Waals surface area contributed by atoms with Gasteiger partial charge in [0.1, 0.15) is 13.2 Å². The molecule has 0 saturated heterocycles. The summed E-state index contributed by atoms with van der Waals surface area (Å²) < 4.78 is 16.6. The summed E-state index contributed by atoms with van der Waals surface area (Å²) in [7, 11) is 0. The van der Waals surface area contributed by atoms with Crippen molar-refractivity contribution in [3.8, 4) is 0 Å². The standard InChI is InChI=1S/C56H98O6/c1-4-7-10-13-15-17-19-21-23-25-26-27-28-29-31-32-34-36-38-40-43-46-49-55(58)61-52-53(51-60-54(57)48-45-42-12-9-6-3)62-56(59)50-47-44-41-39-37-35-33-30-24-22-20-18-16-14-11-8-5-2/h8,11,16,18,22,24,33,35,39,41,53H,4-7,9-10,12-15,17,19-21,23,25-32,34,36-38,40,42-52H2,1-3H3/b11-8-,18-16-,24-22-,35-33-,41-39-. The molecule has 0 bridgehead atoms. The summed E-state index contributed by atoms with van der Waals surface area (Å²) in [5.41, 5.74) is 0. The van der Waals surface area contributed by atoms with Gasteiger partial charge in [-0.25, -0.2) is 0 Å². The number of carbonyl (C=O) groups is 3. The number of ether oxygens (including phenoxy) is 3. The summed E-state index contributed by atoms with van der Waals surface area (Å²) in [5.74, 6) is -0.962. The average molecular weight is 867 g/mol. The first-order valence-corrected chi connectivity index (χ1v) is 26.3. The fourth-order valence-electron chi connectivity index (χ4n) is 7.36. The predicted molar refractivity (Wildman–Crippen MR) is 265 cm³/mol. The van der Waals surface area contributed by atoms with Crippen LogP contribution >= 0.6 is 0 Å². The van der Waals surface area contributed by atoms with Crippen molar-refractivity contribution in [3.05, 3.63) is 60.8 Å². The Hall–Kier alpha value is -2.89. The van der Waals surface area contributed by atoms with Gasteiger partial charge in [-0.3, -0.25) is 14.4 Å². The molecule has 0 heterocycles. The average Bonchev–Trinajstić information content (AvgIpc) is 3.27. The molecule has 0 aliphatic rings. The molecule has 6 nitrogen and oxygen atoms in total. The second-order valence-electron chi connectivity index (χ2n) is 17.4. The molecule has 358 valence electrons. The van der Waals surface area contributed by atoms with Gasteiger partial charge in [0.25, 0.3) is 0 Å². The van der Waals surface area contributed by atoms with Gasteiger partial charge in [0.05, 0.1) is 0 Å². The summed E-state index contributed by atoms with van der Waals surface area (Å²) in [4.78, 5) is 37.6. The van der Waals surface area contributed by atoms with Crippen LogP contribution in [0.25, 0.3) is 0 Å². The van der Waals surface area contributed by atoms with Gasteiger partial charge in [0.15, 0.2) is 6.10 Å². The molecule has 0 aromatic rings. The van der Waals surface area contributed by atoms with Crippen LogP contribution in [-0.2, 0) is 28.6 Å². The maximum atomic E-state index is 12.7. The molecule has 1 atom stereocenters. The highest BCUT2D eigenvalue weighted by atomic mass is 16.6. The summed E-state index contributed by atoms with van der Waals surface area (Å²) in [6.07, 6.45) is 62.6. The monoisotopic (exact) mass is 867 g/mol. The minimum atomic E-state index is -0.797. The predicted octanol–water partition coefficient (Wildman–Crippen LogP) is 17.3. The van der Waals surface area contributed by atoms with Crippen LogP contribution in [0.3, 0.4) is 0 Å². The van der Waals surface area contributed by atoms with E-state index in [-0.39, 0.29) is 37.5 Å². The molecule has 0 aliphatic carbocycles. The third-order valence-corrected chi connectivity index (χ3v) is 11.3. The molecule has 0 rings (SSSR count). The van der Waals surface area contributed by atoms with Crippen LogP contribution in [-0.4, -0.2) is 37.2 Å². The number of carbonyl (C=O) groups excluding carboxylic acids is 3. The maximum absolute atomic E-state index is 12.7. The largest absolute Gasteiger partial charge is 0.462 e. The molecule has 0 radical (unpaired) electrons. The highest BCUT2D eigenvalue weighted by molar-refractivity contribution is 5.71. The first-order valence-electron chi connectivity index (χ1n) is 26.3. The highest BCUT2D eigenvalue weighted by Gasteiger charge is 2.19. The van der Waals surface area contributed by atoms with E-state index in [0.717, 1.165) is 83.5 Å². The minimum absolute atomic E-state index is 0.0948. The first kappa shape index (κ1) is 59.1. The number of allylic oxidation sites excluding steroid dienone is 10. The van der Waals surface area contributed by atoms with Gasteiger partial charge in [-0.15, -0.1) is 0 Å². The van der Waals surface area contributed by atoms with Crippen LogP contribution in [0.4, 0.5) is 0 Å². The van der Waals surface area contributed by atoms with Crippen LogP contribution in [0.5, 0.6) is 0 Å². The fraction of sp³-hybridized carbons (Fsp3) is 0.768. The third kappa shape index (κ3) is 48.1. The zero-order valence-electron chi connectivity index (χ0n) is 40.9. The van der Waals surface area contributed by atoms with Crippen molar-refractivity contribution in [2.75, 3.05) is 13.2 Å². The van der Waals surface area contributed by atoms with Crippen LogP contribution in [0.15, 0.2) is 60.8 Å². The van der Waals surface area contributed by atoms with Gasteiger partial charge in [-0.1, -0.05) is 242 Å². The Kier molecular flexibility index (Phi) is 48.4. The summed E-state index contributed by atoms with van der Waals surface area (Å²) >= 11 is 0. The molecule has 0 saturated carbocycles. The molecule has 1 unspecified atom stereocenters. The van der Waals surface area contributed by atoms with E-state index in [2.05, 4.69) is 81.5 Å². The van der Waals surface area contributed by atoms with Crippen molar-refractivity contribution in [1.82, 2.24) is 0 Å². The molecule has 0 amide bonds. The lowest BCUT2D eigenvalue weighted by molar-refractivity contribution is -0.167. The lowest BCUT2D eigenvalue weighted by atomic mass is 10.0. The number of unbranched alkanes of at least 4 members (excludes halogenated alkanes) is 26. The highest BCUT2D eigenvalue weighted by Crippen LogP contribution is 2.16. The Balaban J connectivity index is 4.17. The molecule has 62 heavy (non-hydrogen) atoms. The molecule has 0 fully saturated rings. The molecule has 0 aromatic heterocycles. The van der Waals surface area contributed by atoms with E-state index in [4.69, 9.17) is 14.2 Å². The van der Waals surface area contributed by atoms with Crippen molar-refractivity contribution in [3.63, 3.8) is 0 Å². The Morgan fingerprint density at radius 1 is 0.339 bits per heavy atom. The van der Waals surface area contributed by atoms with E-state index in [0.29, 0.717) is 19.3 Å². The van der Waals surface area contributed by atoms with Crippen LogP contribution < -0.4 is 0 Å². The number of rotatable bonds is 47. The minimum Gasteiger partial charge on any atom is -0.462 e. The van der Waals surface area contributed by atoms with Gasteiger partial charge in [0, 0.05) is 19.3 Å². The van der Waals surface area contributed by atoms with Gasteiger partial charge >= 0.3 is 17.9 Å². The van der Waals surface area contributed by atoms with Crippen molar-refractivity contribution in [1.29, 1.82) is 0 Å². The van der Waals surface area contributed by atoms with E-state index < -0.39 is 6.10 Å². The van der Waals surface area contributed by atoms with Gasteiger partial charge < -0.3 is 14.2 Å². The summed E-state index contributed by atoms with van der Waals surface area (Å²) in [5, 5.41) is 0. The van der Waals surface area contributed by atoms with Crippen LogP contribution in [0.2, 0.25) is 0 Å². The molecule has 0 spiro atoms. The molecule has 0 aromatic carbocycles. The maximum Gasteiger partial charge on any atom is 0.306 e. The van der Waals surface area contributed by atoms with Crippen molar-refractivity contribution >= 4 is 17.9 Å². The normalized spacial score (nSPS) is 12.5. The second-order valence-corrected chi connectivity index (χ2v) is 17.4. The molecule has 0 N–H and O–H groups in total. The van der Waals surface area contributed by atoms with Crippen molar-refractivity contribution in [2.24, 2.45) is 0 Å². The zero-order chi connectivity index (χ0) is 45.1. The van der Waals surface area contributed by atoms with Gasteiger partial charge in [0.2, 0.25) is 0 Å². The van der Waals surface area contributed by atoms with E-state index in [9.17, 15) is 14.4 Å². The first-order chi connectivity index (χ1) is 30.5. The van der Waals surface area contributed by atoms with Crippen molar-refractivity contribution < 1.29 is 28.6 Å². The summed E-state index contributed by atoms with van der Waals surface area (Å²) in [6, 6.07) is 0. The van der Waals surface area contributed by atoms with E-state index in [1.807, 2.05) is 0 Å². The Bertz CT molecular complexity index is 1130. The SMILES string of the molecule is CC/C=C\C/C=C\C/C=C\C/C=C\C/C=C\CCCC(=O)OC(COC(=O)CCCCCCC)COC(=O)CCCCCCCCCCCCCCCCCCCCCCCC. The van der Waals surface area contributed by atoms with Gasteiger partial charge in [-0.05, 0) is 57.8 Å². The topological polar surface area (TPSA) is 78.9 Å². The Morgan fingerprint density at radius 3 is 0.968 bits per heavy atom. The lowest BCUT2D eigenvalue weighted by Crippen LogP contribution is -2.30. The molecule has 0 aliphatic heterocycles. The zero-order valence-corrected chi connectivity index (χ0v) is 40.9. The number of esters is 3. The fourth-order valence-corrected chi connectivity index (χ4v) is 7.36. The molecular formula is C56H98O6. The quantitative estimate of drug-likeness (QED) is 0.0262. The number of hydrogen-bond acceptors (Lipinski definition) is 6. The Morgan fingerprint density at radius 2 is 0.629 bits per heavy atom.